The number of rotatable bonds is 9. The molecule has 2 aromatic heterocycles. The van der Waals surface area contributed by atoms with Gasteiger partial charge in [-0.1, -0.05) is 27.7 Å². The largest absolute Gasteiger partial charge is 0.455 e. The molecule has 2 aromatic rings. The Hall–Kier alpha value is -3.23. The number of hydrogen-bond acceptors (Lipinski definition) is 10. The number of halogens is 2. The summed E-state index contributed by atoms with van der Waals surface area (Å²) in [5.41, 5.74) is -0.235. The number of carbonyl (C=O) groups is 2. The molecule has 3 aliphatic heterocycles. The third kappa shape index (κ3) is 6.97. The van der Waals surface area contributed by atoms with Gasteiger partial charge >= 0.3 is 11.9 Å². The molecule has 0 radical (unpaired) electrons. The monoisotopic (exact) mass is 633 g/mol. The molecule has 0 saturated carbocycles. The summed E-state index contributed by atoms with van der Waals surface area (Å²) in [6.45, 7) is 7.90. The molecule has 0 bridgehead atoms. The first-order chi connectivity index (χ1) is 21.2. The van der Waals surface area contributed by atoms with Gasteiger partial charge in [-0.2, -0.15) is 0 Å². The van der Waals surface area contributed by atoms with E-state index in [9.17, 15) is 9.59 Å². The number of hydrogen-bond donors (Lipinski definition) is 0. The van der Waals surface area contributed by atoms with Crippen molar-refractivity contribution in [2.75, 3.05) is 47.3 Å². The van der Waals surface area contributed by atoms with Gasteiger partial charge in [0.05, 0.1) is 30.1 Å². The van der Waals surface area contributed by atoms with Crippen LogP contribution >= 0.6 is 0 Å². The molecule has 5 rings (SSSR count). The van der Waals surface area contributed by atoms with Gasteiger partial charge in [-0.05, 0) is 39.0 Å². The molecule has 248 valence electrons. The summed E-state index contributed by atoms with van der Waals surface area (Å²) < 4.78 is 50.6. The molecule has 0 aliphatic carbocycles. The average Bonchev–Trinajstić information content (AvgIpc) is 3.61. The highest BCUT2D eigenvalue weighted by Crippen LogP contribution is 2.47. The van der Waals surface area contributed by atoms with Gasteiger partial charge in [0.2, 0.25) is 0 Å². The molecule has 4 atom stereocenters. The average molecular weight is 634 g/mol. The van der Waals surface area contributed by atoms with Gasteiger partial charge < -0.3 is 28.6 Å². The second kappa shape index (κ2) is 12.9. The number of likely N-dealkylation sites (tertiary alicyclic amines) is 2. The van der Waals surface area contributed by atoms with Gasteiger partial charge in [0, 0.05) is 38.8 Å². The van der Waals surface area contributed by atoms with E-state index in [0.717, 1.165) is 0 Å². The quantitative estimate of drug-likeness (QED) is 0.231. The summed E-state index contributed by atoms with van der Waals surface area (Å²) in [5.74, 6) is -4.37. The maximum atomic E-state index is 15.1. The zero-order chi connectivity index (χ0) is 32.7. The Morgan fingerprint density at radius 3 is 2.38 bits per heavy atom. The molecule has 5 heterocycles. The third-order valence-electron chi connectivity index (χ3n) is 8.90. The summed E-state index contributed by atoms with van der Waals surface area (Å²) in [7, 11) is 5.68. The number of fused-ring (bicyclic) bond motifs is 1. The van der Waals surface area contributed by atoms with Crippen LogP contribution in [0.25, 0.3) is 11.0 Å². The van der Waals surface area contributed by atoms with E-state index in [2.05, 4.69) is 19.9 Å². The lowest BCUT2D eigenvalue weighted by Crippen LogP contribution is -2.54. The fraction of sp³-hybridized carbons (Fsp3) is 0.710. The number of aliphatic imine (C=N–C) groups is 1. The third-order valence-corrected chi connectivity index (χ3v) is 8.90. The molecule has 1 spiro atoms. The minimum atomic E-state index is -2.86. The van der Waals surface area contributed by atoms with Crippen LogP contribution in [0, 0.1) is 11.8 Å². The van der Waals surface area contributed by atoms with E-state index in [-0.39, 0.29) is 13.0 Å². The normalized spacial score (nSPS) is 26.9. The number of esters is 2. The van der Waals surface area contributed by atoms with Crippen LogP contribution in [-0.4, -0.2) is 125 Å². The lowest BCUT2D eigenvalue weighted by molar-refractivity contribution is -0.172. The Bertz CT molecular complexity index is 1410. The van der Waals surface area contributed by atoms with Gasteiger partial charge in [0.1, 0.15) is 18.1 Å². The zero-order valence-corrected chi connectivity index (χ0v) is 27.2. The number of piperidine rings is 1. The molecule has 3 saturated heterocycles. The van der Waals surface area contributed by atoms with Crippen LogP contribution < -0.4 is 0 Å². The number of aromatic nitrogens is 3. The minimum absolute atomic E-state index is 0.0775. The van der Waals surface area contributed by atoms with Crippen LogP contribution in [0.2, 0.25) is 0 Å². The van der Waals surface area contributed by atoms with Gasteiger partial charge in [-0.25, -0.2) is 23.7 Å². The van der Waals surface area contributed by atoms with Crippen LogP contribution in [0.5, 0.6) is 0 Å². The van der Waals surface area contributed by atoms with Crippen molar-refractivity contribution in [3.63, 3.8) is 0 Å². The number of ether oxygens (including phenoxy) is 3. The summed E-state index contributed by atoms with van der Waals surface area (Å²) in [6, 6.07) is 1.79. The van der Waals surface area contributed by atoms with Gasteiger partial charge in [-0.15, -0.1) is 0 Å². The van der Waals surface area contributed by atoms with E-state index >= 15 is 8.78 Å². The van der Waals surface area contributed by atoms with E-state index in [1.807, 2.05) is 26.0 Å². The SMILES string of the molecule is CC(C)C(=O)O[C@@H]1[C@H](OC(=O)C(C)C)[C@@H](CN2CC(F)(F)CC23CCN(C)CC3)O[C@H]1n1ccc2c(N=CN(C)C)ncnc21. The topological polar surface area (TPSA) is 115 Å². The standard InChI is InChI=1S/C31H45F2N7O5/c1-19(2)28(41)44-23-22(14-39-16-31(32,33)15-30(39)9-12-38(7)13-10-30)43-27(24(23)45-29(42)20(3)4)40-11-8-21-25(36-18-37(5)6)34-17-35-26(21)40/h8,11,17-20,22-24,27H,9-10,12-16H2,1-7H3/t22-,23-,24-,27-/m1/s1. The van der Waals surface area contributed by atoms with E-state index in [1.54, 1.807) is 55.8 Å². The van der Waals surface area contributed by atoms with Crippen molar-refractivity contribution in [1.82, 2.24) is 29.2 Å². The Morgan fingerprint density at radius 1 is 1.11 bits per heavy atom. The van der Waals surface area contributed by atoms with Crippen molar-refractivity contribution in [3.05, 3.63) is 18.6 Å². The van der Waals surface area contributed by atoms with E-state index in [1.165, 1.54) is 6.33 Å². The maximum Gasteiger partial charge on any atom is 0.308 e. The van der Waals surface area contributed by atoms with Crippen LogP contribution in [0.3, 0.4) is 0 Å². The van der Waals surface area contributed by atoms with E-state index < -0.39 is 66.3 Å². The van der Waals surface area contributed by atoms with Crippen LogP contribution in [0.15, 0.2) is 23.6 Å². The van der Waals surface area contributed by atoms with Crippen LogP contribution in [0.4, 0.5) is 14.6 Å². The number of carbonyl (C=O) groups excluding carboxylic acids is 2. The van der Waals surface area contributed by atoms with Crippen LogP contribution in [0.1, 0.15) is 53.2 Å². The first kappa shape index (κ1) is 33.1. The van der Waals surface area contributed by atoms with Crippen molar-refractivity contribution in [2.45, 2.75) is 83.0 Å². The highest BCUT2D eigenvalue weighted by molar-refractivity contribution is 5.87. The van der Waals surface area contributed by atoms with Crippen molar-refractivity contribution in [1.29, 1.82) is 0 Å². The molecular weight excluding hydrogens is 588 g/mol. The van der Waals surface area contributed by atoms with Crippen molar-refractivity contribution < 1.29 is 32.6 Å². The van der Waals surface area contributed by atoms with Gasteiger partial charge in [0.25, 0.3) is 5.92 Å². The fourth-order valence-electron chi connectivity index (χ4n) is 6.42. The molecule has 3 aliphatic rings. The van der Waals surface area contributed by atoms with E-state index in [0.29, 0.717) is 42.8 Å². The summed E-state index contributed by atoms with van der Waals surface area (Å²) in [6.07, 6.45) is 1.76. The predicted molar refractivity (Wildman–Crippen MR) is 163 cm³/mol. The van der Waals surface area contributed by atoms with E-state index in [4.69, 9.17) is 14.2 Å². The lowest BCUT2D eigenvalue weighted by atomic mass is 9.84. The zero-order valence-electron chi connectivity index (χ0n) is 27.2. The molecule has 0 unspecified atom stereocenters. The molecule has 12 nitrogen and oxygen atoms in total. The maximum absolute atomic E-state index is 15.1. The first-order valence-corrected chi connectivity index (χ1v) is 15.6. The van der Waals surface area contributed by atoms with Crippen LogP contribution in [-0.2, 0) is 23.8 Å². The summed E-state index contributed by atoms with van der Waals surface area (Å²) in [5, 5.41) is 0.636. The summed E-state index contributed by atoms with van der Waals surface area (Å²) in [4.78, 5) is 45.1. The molecule has 45 heavy (non-hydrogen) atoms. The first-order valence-electron chi connectivity index (χ1n) is 15.6. The molecule has 3 fully saturated rings. The second-order valence-corrected chi connectivity index (χ2v) is 13.5. The highest BCUT2D eigenvalue weighted by atomic mass is 19.3. The second-order valence-electron chi connectivity index (χ2n) is 13.5. The lowest BCUT2D eigenvalue weighted by Gasteiger charge is -2.44. The van der Waals surface area contributed by atoms with Gasteiger partial charge in [0.15, 0.2) is 24.3 Å². The number of nitrogens with zero attached hydrogens (tertiary/aromatic N) is 7. The Kier molecular flexibility index (Phi) is 9.48. The molecule has 0 N–H and O–H groups in total. The molecule has 0 amide bonds. The Labute approximate surface area is 262 Å². The van der Waals surface area contributed by atoms with Crippen molar-refractivity contribution in [2.24, 2.45) is 16.8 Å². The molecular formula is C31H45F2N7O5. The highest BCUT2D eigenvalue weighted by Gasteiger charge is 2.58. The van der Waals surface area contributed by atoms with Gasteiger partial charge in [-0.3, -0.25) is 14.5 Å². The smallest absolute Gasteiger partial charge is 0.308 e. The summed E-state index contributed by atoms with van der Waals surface area (Å²) >= 11 is 0. The fourth-order valence-corrected chi connectivity index (χ4v) is 6.42. The minimum Gasteiger partial charge on any atom is -0.455 e. The van der Waals surface area contributed by atoms with Crippen molar-refractivity contribution in [3.8, 4) is 0 Å². The van der Waals surface area contributed by atoms with Crippen molar-refractivity contribution >= 4 is 35.1 Å². The predicted octanol–water partition coefficient (Wildman–Crippen LogP) is 3.49. The Balaban J connectivity index is 1.55. The number of alkyl halides is 2. The Morgan fingerprint density at radius 2 is 1.76 bits per heavy atom. The molecule has 14 heteroatoms. The molecule has 0 aromatic carbocycles.